The van der Waals surface area contributed by atoms with Crippen LogP contribution in [0.25, 0.3) is 16.6 Å². The summed E-state index contributed by atoms with van der Waals surface area (Å²) in [6, 6.07) is 15.6. The minimum absolute atomic E-state index is 0.211. The molecule has 0 aliphatic rings. The van der Waals surface area contributed by atoms with Gasteiger partial charge in [-0.25, -0.2) is 0 Å². The maximum absolute atomic E-state index is 13.0. The van der Waals surface area contributed by atoms with Gasteiger partial charge in [-0.05, 0) is 38.1 Å². The number of hydrogen-bond acceptors (Lipinski definition) is 2. The molecule has 3 rings (SSSR count). The van der Waals surface area contributed by atoms with E-state index in [1.54, 1.807) is 14.1 Å². The zero-order valence-electron chi connectivity index (χ0n) is 14.3. The molecule has 4 heteroatoms. The minimum atomic E-state index is -0.273. The molecule has 0 aliphatic heterocycles. The van der Waals surface area contributed by atoms with E-state index in [-0.39, 0.29) is 16.9 Å². The van der Waals surface area contributed by atoms with E-state index in [4.69, 9.17) is 0 Å². The van der Waals surface area contributed by atoms with Gasteiger partial charge in [0, 0.05) is 30.9 Å². The van der Waals surface area contributed by atoms with Gasteiger partial charge in [-0.1, -0.05) is 29.8 Å². The molecular weight excluding hydrogens is 300 g/mol. The fourth-order valence-corrected chi connectivity index (χ4v) is 3.00. The lowest BCUT2D eigenvalue weighted by Gasteiger charge is -2.20. The quantitative estimate of drug-likeness (QED) is 0.727. The molecular formula is C20H20N2O2. The van der Waals surface area contributed by atoms with Crippen molar-refractivity contribution in [3.8, 4) is 5.69 Å². The van der Waals surface area contributed by atoms with Crippen LogP contribution in [0.4, 0.5) is 0 Å². The van der Waals surface area contributed by atoms with Gasteiger partial charge in [0.2, 0.25) is 5.43 Å². The summed E-state index contributed by atoms with van der Waals surface area (Å²) in [4.78, 5) is 27.0. The first-order valence-corrected chi connectivity index (χ1v) is 7.85. The minimum Gasteiger partial charge on any atom is -0.345 e. The lowest BCUT2D eigenvalue weighted by molar-refractivity contribution is 0.0825. The Labute approximate surface area is 141 Å². The van der Waals surface area contributed by atoms with E-state index in [9.17, 15) is 9.59 Å². The van der Waals surface area contributed by atoms with Crippen LogP contribution in [0, 0.1) is 13.8 Å². The van der Waals surface area contributed by atoms with Crippen LogP contribution in [0.2, 0.25) is 0 Å². The zero-order valence-corrected chi connectivity index (χ0v) is 14.3. The first-order valence-electron chi connectivity index (χ1n) is 7.85. The lowest BCUT2D eigenvalue weighted by Crippen LogP contribution is -2.30. The third kappa shape index (κ3) is 2.50. The summed E-state index contributed by atoms with van der Waals surface area (Å²) in [7, 11) is 3.32. The number of aromatic nitrogens is 1. The van der Waals surface area contributed by atoms with Crippen molar-refractivity contribution in [3.63, 3.8) is 0 Å². The number of amides is 1. The smallest absolute Gasteiger partial charge is 0.259 e. The Morgan fingerprint density at radius 1 is 1.00 bits per heavy atom. The fourth-order valence-electron chi connectivity index (χ4n) is 3.00. The second-order valence-corrected chi connectivity index (χ2v) is 6.18. The SMILES string of the molecule is Cc1ccc2c(c1)c(=O)c(C(=O)N(C)C)c(C)n2-c1ccccc1. The average molecular weight is 320 g/mol. The molecule has 0 saturated heterocycles. The Morgan fingerprint density at radius 2 is 1.67 bits per heavy atom. The van der Waals surface area contributed by atoms with E-state index in [1.807, 2.05) is 66.9 Å². The maximum atomic E-state index is 13.0. The molecule has 4 nitrogen and oxygen atoms in total. The van der Waals surface area contributed by atoms with E-state index < -0.39 is 0 Å². The number of benzene rings is 2. The topological polar surface area (TPSA) is 42.3 Å². The highest BCUT2D eigenvalue weighted by atomic mass is 16.2. The Hall–Kier alpha value is -2.88. The normalized spacial score (nSPS) is 10.8. The molecule has 0 atom stereocenters. The molecule has 1 amide bonds. The first kappa shape index (κ1) is 16.0. The largest absolute Gasteiger partial charge is 0.345 e. The third-order valence-corrected chi connectivity index (χ3v) is 4.20. The zero-order chi connectivity index (χ0) is 17.4. The van der Waals surface area contributed by atoms with E-state index in [0.29, 0.717) is 11.1 Å². The number of para-hydroxylation sites is 1. The second kappa shape index (κ2) is 5.96. The summed E-state index contributed by atoms with van der Waals surface area (Å²) in [5, 5.41) is 0.564. The third-order valence-electron chi connectivity index (χ3n) is 4.20. The number of carbonyl (C=O) groups is 1. The Balaban J connectivity index is 2.51. The van der Waals surface area contributed by atoms with Gasteiger partial charge in [-0.2, -0.15) is 0 Å². The van der Waals surface area contributed by atoms with E-state index in [1.165, 1.54) is 4.90 Å². The van der Waals surface area contributed by atoms with Gasteiger partial charge in [0.25, 0.3) is 5.91 Å². The van der Waals surface area contributed by atoms with Crippen molar-refractivity contribution in [2.45, 2.75) is 13.8 Å². The molecule has 0 N–H and O–H groups in total. The molecule has 0 aliphatic carbocycles. The van der Waals surface area contributed by atoms with E-state index in [0.717, 1.165) is 16.8 Å². The van der Waals surface area contributed by atoms with Gasteiger partial charge in [0.15, 0.2) is 0 Å². The van der Waals surface area contributed by atoms with Crippen molar-refractivity contribution in [2.75, 3.05) is 14.1 Å². The van der Waals surface area contributed by atoms with Gasteiger partial charge in [-0.3, -0.25) is 9.59 Å². The number of nitrogens with zero attached hydrogens (tertiary/aromatic N) is 2. The summed E-state index contributed by atoms with van der Waals surface area (Å²) in [5.74, 6) is -0.273. The number of rotatable bonds is 2. The van der Waals surface area contributed by atoms with Crippen LogP contribution in [0.5, 0.6) is 0 Å². The van der Waals surface area contributed by atoms with Crippen molar-refractivity contribution < 1.29 is 4.79 Å². The highest BCUT2D eigenvalue weighted by Gasteiger charge is 2.21. The van der Waals surface area contributed by atoms with Crippen molar-refractivity contribution >= 4 is 16.8 Å². The summed E-state index contributed by atoms with van der Waals surface area (Å²) < 4.78 is 1.98. The number of carbonyl (C=O) groups excluding carboxylic acids is 1. The van der Waals surface area contributed by atoms with Gasteiger partial charge >= 0.3 is 0 Å². The Kier molecular flexibility index (Phi) is 3.97. The molecule has 2 aromatic carbocycles. The van der Waals surface area contributed by atoms with Crippen LogP contribution >= 0.6 is 0 Å². The molecule has 1 aromatic heterocycles. The van der Waals surface area contributed by atoms with Crippen LogP contribution in [0.3, 0.4) is 0 Å². The average Bonchev–Trinajstić information content (AvgIpc) is 2.56. The van der Waals surface area contributed by atoms with Crippen molar-refractivity contribution in [2.24, 2.45) is 0 Å². The maximum Gasteiger partial charge on any atom is 0.259 e. The highest BCUT2D eigenvalue weighted by Crippen LogP contribution is 2.22. The molecule has 24 heavy (non-hydrogen) atoms. The summed E-state index contributed by atoms with van der Waals surface area (Å²) in [6.45, 7) is 3.77. The summed E-state index contributed by atoms with van der Waals surface area (Å²) in [6.07, 6.45) is 0. The van der Waals surface area contributed by atoms with Crippen LogP contribution in [0.15, 0.2) is 53.3 Å². The van der Waals surface area contributed by atoms with Gasteiger partial charge in [0.1, 0.15) is 5.56 Å². The van der Waals surface area contributed by atoms with Crippen molar-refractivity contribution in [1.29, 1.82) is 0 Å². The molecule has 0 fully saturated rings. The molecule has 3 aromatic rings. The molecule has 0 spiro atoms. The molecule has 0 radical (unpaired) electrons. The molecule has 0 bridgehead atoms. The molecule has 122 valence electrons. The van der Waals surface area contributed by atoms with Crippen molar-refractivity contribution in [1.82, 2.24) is 9.47 Å². The lowest BCUT2D eigenvalue weighted by atomic mass is 10.0. The Morgan fingerprint density at radius 3 is 2.29 bits per heavy atom. The predicted molar refractivity (Wildman–Crippen MR) is 97.0 cm³/mol. The fraction of sp³-hybridized carbons (Fsp3) is 0.200. The molecule has 1 heterocycles. The summed E-state index contributed by atoms with van der Waals surface area (Å²) >= 11 is 0. The number of hydrogen-bond donors (Lipinski definition) is 0. The second-order valence-electron chi connectivity index (χ2n) is 6.18. The number of aryl methyl sites for hydroxylation is 1. The monoisotopic (exact) mass is 320 g/mol. The van der Waals surface area contributed by atoms with Crippen LogP contribution in [-0.2, 0) is 0 Å². The molecule has 0 unspecified atom stereocenters. The summed E-state index contributed by atoms with van der Waals surface area (Å²) in [5.41, 5.74) is 3.40. The number of pyridine rings is 1. The first-order chi connectivity index (χ1) is 11.4. The number of fused-ring (bicyclic) bond motifs is 1. The standard InChI is InChI=1S/C20H20N2O2/c1-13-10-11-17-16(12-13)19(23)18(20(24)21(3)4)14(2)22(17)15-8-6-5-7-9-15/h5-12H,1-4H3. The Bertz CT molecular complexity index is 986. The van der Waals surface area contributed by atoms with Crippen LogP contribution in [0.1, 0.15) is 21.6 Å². The van der Waals surface area contributed by atoms with Crippen molar-refractivity contribution in [3.05, 3.63) is 75.6 Å². The van der Waals surface area contributed by atoms with Gasteiger partial charge in [-0.15, -0.1) is 0 Å². The van der Waals surface area contributed by atoms with E-state index in [2.05, 4.69) is 0 Å². The molecule has 0 saturated carbocycles. The van der Waals surface area contributed by atoms with Gasteiger partial charge < -0.3 is 9.47 Å². The predicted octanol–water partition coefficient (Wildman–Crippen LogP) is 3.31. The van der Waals surface area contributed by atoms with E-state index >= 15 is 0 Å². The van der Waals surface area contributed by atoms with Crippen LogP contribution in [-0.4, -0.2) is 29.5 Å². The van der Waals surface area contributed by atoms with Gasteiger partial charge in [0.05, 0.1) is 5.52 Å². The highest BCUT2D eigenvalue weighted by molar-refractivity contribution is 5.99. The van der Waals surface area contributed by atoms with Crippen LogP contribution < -0.4 is 5.43 Å².